The molecule has 0 unspecified atom stereocenters. The van der Waals surface area contributed by atoms with Crippen molar-refractivity contribution in [3.05, 3.63) is 89.2 Å². The lowest BCUT2D eigenvalue weighted by molar-refractivity contribution is -0.137. The van der Waals surface area contributed by atoms with Crippen LogP contribution in [0.2, 0.25) is 0 Å². The molecule has 3 aromatic rings. The summed E-state index contributed by atoms with van der Waals surface area (Å²) in [5.74, 6) is -0.0123. The van der Waals surface area contributed by atoms with Crippen molar-refractivity contribution in [3.8, 4) is 5.75 Å². The van der Waals surface area contributed by atoms with Gasteiger partial charge >= 0.3 is 6.18 Å². The van der Waals surface area contributed by atoms with Crippen molar-refractivity contribution in [1.29, 1.82) is 0 Å². The zero-order valence-electron chi connectivity index (χ0n) is 22.9. The van der Waals surface area contributed by atoms with E-state index >= 15 is 0 Å². The third-order valence-electron chi connectivity index (χ3n) is 6.91. The number of aromatic nitrogens is 1. The fourth-order valence-corrected chi connectivity index (χ4v) is 5.90. The van der Waals surface area contributed by atoms with Crippen LogP contribution in [0.3, 0.4) is 0 Å². The SMILES string of the molecule is CCCN(CCc1ccccn1)C(=O)c1ccc2c(c1)[C@@H](NS(=O)(=O)c1ccc(C(F)(F)F)cc1)[C@H](O)C(C)(C)O2. The van der Waals surface area contributed by atoms with Gasteiger partial charge in [-0.2, -0.15) is 13.2 Å². The molecule has 2 heterocycles. The van der Waals surface area contributed by atoms with Crippen molar-refractivity contribution < 1.29 is 36.2 Å². The molecule has 0 saturated heterocycles. The normalized spacial score (nSPS) is 18.3. The van der Waals surface area contributed by atoms with Crippen LogP contribution in [-0.2, 0) is 22.6 Å². The molecule has 1 amide bonds. The first-order valence-corrected chi connectivity index (χ1v) is 14.6. The van der Waals surface area contributed by atoms with Crippen LogP contribution in [0.4, 0.5) is 13.2 Å². The van der Waals surface area contributed by atoms with Gasteiger partial charge in [0.1, 0.15) is 17.5 Å². The molecule has 220 valence electrons. The van der Waals surface area contributed by atoms with Gasteiger partial charge in [-0.3, -0.25) is 9.78 Å². The predicted molar refractivity (Wildman–Crippen MR) is 146 cm³/mol. The molecular formula is C29H32F3N3O5S. The Labute approximate surface area is 237 Å². The number of alkyl halides is 3. The number of halogens is 3. The molecule has 1 aromatic heterocycles. The quantitative estimate of drug-likeness (QED) is 0.372. The summed E-state index contributed by atoms with van der Waals surface area (Å²) >= 11 is 0. The summed E-state index contributed by atoms with van der Waals surface area (Å²) in [5, 5.41) is 11.1. The standard InChI is InChI=1S/C29H32F3N3O5S/c1-4-16-35(17-14-21-7-5-6-15-33-21)27(37)19-8-13-24-23(18-19)25(26(36)28(2,3)40-24)34-41(38,39)22-11-9-20(10-12-22)29(30,31)32/h5-13,15,18,25-26,34,36H,4,14,16-17H2,1-3H3/t25-,26+/m1/s1. The number of rotatable bonds is 9. The second-order valence-electron chi connectivity index (χ2n) is 10.4. The smallest absolute Gasteiger partial charge is 0.416 e. The van der Waals surface area contributed by atoms with Gasteiger partial charge in [0.25, 0.3) is 5.91 Å². The number of aliphatic hydroxyl groups excluding tert-OH is 1. The summed E-state index contributed by atoms with van der Waals surface area (Å²) in [6.07, 6.45) is -3.07. The number of carbonyl (C=O) groups excluding carboxylic acids is 1. The van der Waals surface area contributed by atoms with E-state index in [0.29, 0.717) is 38.1 Å². The average molecular weight is 592 g/mol. The van der Waals surface area contributed by atoms with E-state index in [9.17, 15) is 31.5 Å². The molecule has 8 nitrogen and oxygen atoms in total. The average Bonchev–Trinajstić information content (AvgIpc) is 2.93. The summed E-state index contributed by atoms with van der Waals surface area (Å²) in [5.41, 5.74) is -0.866. The number of nitrogens with one attached hydrogen (secondary N) is 1. The van der Waals surface area contributed by atoms with E-state index in [0.717, 1.165) is 17.8 Å². The molecule has 0 spiro atoms. The van der Waals surface area contributed by atoms with Crippen molar-refractivity contribution in [1.82, 2.24) is 14.6 Å². The highest BCUT2D eigenvalue weighted by Crippen LogP contribution is 2.41. The Morgan fingerprint density at radius 2 is 1.80 bits per heavy atom. The number of hydrogen-bond acceptors (Lipinski definition) is 6. The van der Waals surface area contributed by atoms with Gasteiger partial charge in [0.15, 0.2) is 0 Å². The predicted octanol–water partition coefficient (Wildman–Crippen LogP) is 4.75. The lowest BCUT2D eigenvalue weighted by atomic mass is 9.86. The molecule has 0 fully saturated rings. The maximum absolute atomic E-state index is 13.5. The number of benzene rings is 2. The van der Waals surface area contributed by atoms with Crippen molar-refractivity contribution in [2.24, 2.45) is 0 Å². The van der Waals surface area contributed by atoms with Gasteiger partial charge in [0.2, 0.25) is 10.0 Å². The first kappa shape index (κ1) is 30.5. The first-order chi connectivity index (χ1) is 19.2. The molecule has 2 N–H and O–H groups in total. The molecule has 0 aliphatic carbocycles. The Kier molecular flexibility index (Phi) is 8.76. The van der Waals surface area contributed by atoms with Gasteiger partial charge in [0, 0.05) is 42.5 Å². The van der Waals surface area contributed by atoms with Crippen molar-refractivity contribution in [2.45, 2.75) is 62.4 Å². The lowest BCUT2D eigenvalue weighted by Crippen LogP contribution is -2.53. The Morgan fingerprint density at radius 1 is 1.10 bits per heavy atom. The van der Waals surface area contributed by atoms with E-state index < -0.39 is 44.4 Å². The van der Waals surface area contributed by atoms with Crippen LogP contribution in [-0.4, -0.2) is 54.1 Å². The van der Waals surface area contributed by atoms with Crippen LogP contribution in [0, 0.1) is 0 Å². The van der Waals surface area contributed by atoms with Gasteiger partial charge in [-0.1, -0.05) is 13.0 Å². The number of ether oxygens (including phenoxy) is 1. The number of amides is 1. The minimum absolute atomic E-state index is 0.235. The van der Waals surface area contributed by atoms with Gasteiger partial charge in [0.05, 0.1) is 16.5 Å². The first-order valence-electron chi connectivity index (χ1n) is 13.1. The lowest BCUT2D eigenvalue weighted by Gasteiger charge is -2.42. The summed E-state index contributed by atoms with van der Waals surface area (Å²) in [4.78, 5) is 19.1. The van der Waals surface area contributed by atoms with Gasteiger partial charge in [-0.05, 0) is 74.9 Å². The van der Waals surface area contributed by atoms with Gasteiger partial charge in [-0.25, -0.2) is 13.1 Å². The minimum atomic E-state index is -4.62. The van der Waals surface area contributed by atoms with E-state index in [-0.39, 0.29) is 22.8 Å². The molecular weight excluding hydrogens is 559 g/mol. The van der Waals surface area contributed by atoms with Crippen LogP contribution in [0.5, 0.6) is 5.75 Å². The van der Waals surface area contributed by atoms with Gasteiger partial charge in [-0.15, -0.1) is 0 Å². The Bertz CT molecular complexity index is 1480. The second kappa shape index (κ2) is 11.8. The van der Waals surface area contributed by atoms with Crippen LogP contribution in [0.1, 0.15) is 60.4 Å². The number of carbonyl (C=O) groups is 1. The number of aliphatic hydroxyl groups is 1. The minimum Gasteiger partial charge on any atom is -0.485 e. The molecule has 1 aliphatic rings. The number of fused-ring (bicyclic) bond motifs is 1. The fourth-order valence-electron chi connectivity index (χ4n) is 4.68. The zero-order valence-corrected chi connectivity index (χ0v) is 23.7. The van der Waals surface area contributed by atoms with E-state index in [4.69, 9.17) is 4.74 Å². The number of hydrogen-bond donors (Lipinski definition) is 2. The number of pyridine rings is 1. The van der Waals surface area contributed by atoms with Crippen molar-refractivity contribution in [2.75, 3.05) is 13.1 Å². The monoisotopic (exact) mass is 591 g/mol. The molecule has 0 radical (unpaired) electrons. The van der Waals surface area contributed by atoms with Crippen LogP contribution in [0.15, 0.2) is 71.8 Å². The third-order valence-corrected chi connectivity index (χ3v) is 8.37. The van der Waals surface area contributed by atoms with Gasteiger partial charge < -0.3 is 14.7 Å². The van der Waals surface area contributed by atoms with Crippen LogP contribution >= 0.6 is 0 Å². The Hall–Kier alpha value is -3.48. The molecule has 12 heteroatoms. The van der Waals surface area contributed by atoms with Crippen LogP contribution < -0.4 is 9.46 Å². The highest BCUT2D eigenvalue weighted by molar-refractivity contribution is 7.89. The van der Waals surface area contributed by atoms with Crippen molar-refractivity contribution >= 4 is 15.9 Å². The summed E-state index contributed by atoms with van der Waals surface area (Å²) < 4.78 is 73.8. The Balaban J connectivity index is 1.64. The van der Waals surface area contributed by atoms with Crippen molar-refractivity contribution in [3.63, 3.8) is 0 Å². The van der Waals surface area contributed by atoms with Crippen LogP contribution in [0.25, 0.3) is 0 Å². The van der Waals surface area contributed by atoms with E-state index in [1.54, 1.807) is 37.1 Å². The topological polar surface area (TPSA) is 109 Å². The maximum Gasteiger partial charge on any atom is 0.416 e. The summed E-state index contributed by atoms with van der Waals surface area (Å²) in [6, 6.07) is 12.0. The Morgan fingerprint density at radius 3 is 2.41 bits per heavy atom. The molecule has 1 aliphatic heterocycles. The molecule has 2 aromatic carbocycles. The largest absolute Gasteiger partial charge is 0.485 e. The highest BCUT2D eigenvalue weighted by atomic mass is 32.2. The second-order valence-corrected chi connectivity index (χ2v) is 12.1. The van der Waals surface area contributed by atoms with E-state index in [1.807, 2.05) is 25.1 Å². The highest BCUT2D eigenvalue weighted by Gasteiger charge is 2.45. The summed E-state index contributed by atoms with van der Waals surface area (Å²) in [7, 11) is -4.38. The number of sulfonamides is 1. The molecule has 4 rings (SSSR count). The number of nitrogens with zero attached hydrogens (tertiary/aromatic N) is 2. The fraction of sp³-hybridized carbons (Fsp3) is 0.379. The molecule has 2 atom stereocenters. The third kappa shape index (κ3) is 6.88. The molecule has 0 bridgehead atoms. The molecule has 0 saturated carbocycles. The maximum atomic E-state index is 13.5. The van der Waals surface area contributed by atoms with E-state index in [2.05, 4.69) is 9.71 Å². The molecule has 41 heavy (non-hydrogen) atoms. The van der Waals surface area contributed by atoms with E-state index in [1.165, 1.54) is 6.07 Å². The zero-order chi connectivity index (χ0) is 30.0. The summed E-state index contributed by atoms with van der Waals surface area (Å²) in [6.45, 7) is 6.02.